The zero-order chi connectivity index (χ0) is 19.3. The average Bonchev–Trinajstić information content (AvgIpc) is 3.16. The highest BCUT2D eigenvalue weighted by Gasteiger charge is 2.34. The molecule has 0 spiro atoms. The molecule has 29 heavy (non-hydrogen) atoms. The molecule has 0 aromatic heterocycles. The van der Waals surface area contributed by atoms with Crippen LogP contribution in [-0.2, 0) is 22.6 Å². The van der Waals surface area contributed by atoms with Gasteiger partial charge in [-0.25, -0.2) is 0 Å². The lowest BCUT2D eigenvalue weighted by molar-refractivity contribution is -0.0705. The number of nitrogens with one attached hydrogen (secondary N) is 2. The maximum atomic E-state index is 5.90. The Morgan fingerprint density at radius 3 is 2.59 bits per heavy atom. The fraction of sp³-hybridized carbons (Fsp3) is 0.739. The normalized spacial score (nSPS) is 33.4. The van der Waals surface area contributed by atoms with Gasteiger partial charge in [-0.05, 0) is 43.7 Å². The van der Waals surface area contributed by atoms with E-state index in [1.165, 1.54) is 30.4 Å². The Hall–Kier alpha value is -0.690. The third kappa shape index (κ3) is 6.16. The molecule has 3 fully saturated rings. The van der Waals surface area contributed by atoms with Crippen LogP contribution in [-0.4, -0.2) is 62.0 Å². The van der Waals surface area contributed by atoms with Crippen molar-refractivity contribution in [2.75, 3.05) is 32.8 Å². The molecule has 1 aromatic carbocycles. The fourth-order valence-corrected chi connectivity index (χ4v) is 5.36. The molecule has 3 aliphatic rings. The first-order chi connectivity index (χ1) is 13.7. The molecule has 2 heterocycles. The van der Waals surface area contributed by atoms with Crippen LogP contribution >= 0.6 is 12.4 Å². The van der Waals surface area contributed by atoms with Crippen molar-refractivity contribution in [3.63, 3.8) is 0 Å². The summed E-state index contributed by atoms with van der Waals surface area (Å²) in [6.45, 7) is 11.1. The molecule has 1 aromatic rings. The molecule has 2 saturated heterocycles. The number of benzene rings is 1. The van der Waals surface area contributed by atoms with Crippen molar-refractivity contribution in [2.45, 2.75) is 70.5 Å². The van der Waals surface area contributed by atoms with E-state index >= 15 is 0 Å². The van der Waals surface area contributed by atoms with Gasteiger partial charge in [0.25, 0.3) is 0 Å². The number of rotatable bonds is 6. The number of halogens is 1. The Balaban J connectivity index is 0.00000240. The average molecular weight is 424 g/mol. The van der Waals surface area contributed by atoms with E-state index in [0.717, 1.165) is 45.9 Å². The topological polar surface area (TPSA) is 45.8 Å². The molecule has 164 valence electrons. The van der Waals surface area contributed by atoms with Gasteiger partial charge < -0.3 is 20.1 Å². The Bertz CT molecular complexity index is 616. The summed E-state index contributed by atoms with van der Waals surface area (Å²) in [4.78, 5) is 2.54. The first-order valence-corrected chi connectivity index (χ1v) is 11.2. The molecule has 2 N–H and O–H groups in total. The number of hydrogen-bond acceptors (Lipinski definition) is 5. The summed E-state index contributed by atoms with van der Waals surface area (Å²) in [7, 11) is 0. The summed E-state index contributed by atoms with van der Waals surface area (Å²) in [5.74, 6) is 0.688. The maximum Gasteiger partial charge on any atom is 0.0678 e. The van der Waals surface area contributed by atoms with Gasteiger partial charge in [-0.15, -0.1) is 12.4 Å². The van der Waals surface area contributed by atoms with Gasteiger partial charge in [-0.2, -0.15) is 0 Å². The predicted molar refractivity (Wildman–Crippen MR) is 120 cm³/mol. The first-order valence-electron chi connectivity index (χ1n) is 11.2. The summed E-state index contributed by atoms with van der Waals surface area (Å²) >= 11 is 0. The molecule has 4 rings (SSSR count). The zero-order valence-electron chi connectivity index (χ0n) is 17.9. The van der Waals surface area contributed by atoms with Crippen molar-refractivity contribution in [3.05, 3.63) is 35.4 Å². The predicted octanol–water partition coefficient (Wildman–Crippen LogP) is 2.96. The van der Waals surface area contributed by atoms with Crippen molar-refractivity contribution >= 4 is 12.4 Å². The largest absolute Gasteiger partial charge is 0.379 e. The van der Waals surface area contributed by atoms with Gasteiger partial charge in [-0.1, -0.05) is 30.7 Å². The van der Waals surface area contributed by atoms with Crippen LogP contribution in [0.1, 0.15) is 44.2 Å². The number of hydrogen-bond donors (Lipinski definition) is 2. The Morgan fingerprint density at radius 1 is 1.10 bits per heavy atom. The molecular weight excluding hydrogens is 386 g/mol. The minimum Gasteiger partial charge on any atom is -0.379 e. The van der Waals surface area contributed by atoms with Crippen LogP contribution < -0.4 is 10.6 Å². The van der Waals surface area contributed by atoms with Gasteiger partial charge in [0.2, 0.25) is 0 Å². The minimum atomic E-state index is 0. The molecule has 0 radical (unpaired) electrons. The highest BCUT2D eigenvalue weighted by atomic mass is 35.5. The minimum absolute atomic E-state index is 0. The second kappa shape index (κ2) is 11.1. The van der Waals surface area contributed by atoms with E-state index in [1.54, 1.807) is 0 Å². The monoisotopic (exact) mass is 423 g/mol. The van der Waals surface area contributed by atoms with Crippen LogP contribution in [0.25, 0.3) is 0 Å². The van der Waals surface area contributed by atoms with Crippen LogP contribution in [0.5, 0.6) is 0 Å². The number of morpholine rings is 2. The summed E-state index contributed by atoms with van der Waals surface area (Å²) in [5, 5.41) is 7.58. The summed E-state index contributed by atoms with van der Waals surface area (Å²) in [6.07, 6.45) is 4.55. The van der Waals surface area contributed by atoms with E-state index in [2.05, 4.69) is 53.6 Å². The second-order valence-corrected chi connectivity index (χ2v) is 8.94. The van der Waals surface area contributed by atoms with Gasteiger partial charge in [0.1, 0.15) is 0 Å². The molecule has 1 saturated carbocycles. The van der Waals surface area contributed by atoms with Crippen LogP contribution in [0.2, 0.25) is 0 Å². The molecule has 6 heteroatoms. The van der Waals surface area contributed by atoms with Crippen molar-refractivity contribution in [3.8, 4) is 0 Å². The number of nitrogens with zero attached hydrogens (tertiary/aromatic N) is 1. The van der Waals surface area contributed by atoms with Gasteiger partial charge in [0.05, 0.1) is 25.4 Å². The van der Waals surface area contributed by atoms with E-state index in [1.807, 2.05) is 0 Å². The molecular formula is C23H38ClN3O2. The highest BCUT2D eigenvalue weighted by Crippen LogP contribution is 2.30. The number of ether oxygens (including phenoxy) is 2. The first kappa shape index (κ1) is 23.0. The summed E-state index contributed by atoms with van der Waals surface area (Å²) < 4.78 is 11.6. The Kier molecular flexibility index (Phi) is 8.78. The molecule has 1 aliphatic carbocycles. The lowest BCUT2D eigenvalue weighted by atomic mass is 9.93. The second-order valence-electron chi connectivity index (χ2n) is 8.94. The zero-order valence-corrected chi connectivity index (χ0v) is 18.8. The molecule has 5 nitrogen and oxygen atoms in total. The van der Waals surface area contributed by atoms with Crippen LogP contribution in [0.3, 0.4) is 0 Å². The lowest BCUT2D eigenvalue weighted by Crippen LogP contribution is -2.50. The standard InChI is InChI=1S/C23H37N3O2.ClH/c1-17-13-26(14-18(2)28-17)15-20-7-4-3-6-19(20)12-25-22-9-5-8-21(22)23-16-27-11-10-24-23;/h3-4,6-7,17-18,21-25H,5,8-16H2,1-2H3;1H. The summed E-state index contributed by atoms with van der Waals surface area (Å²) in [6, 6.07) is 10.0. The molecule has 0 bridgehead atoms. The smallest absolute Gasteiger partial charge is 0.0678 e. The molecule has 2 aliphatic heterocycles. The van der Waals surface area contributed by atoms with E-state index in [0.29, 0.717) is 30.2 Å². The van der Waals surface area contributed by atoms with E-state index < -0.39 is 0 Å². The van der Waals surface area contributed by atoms with Gasteiger partial charge in [0.15, 0.2) is 0 Å². The van der Waals surface area contributed by atoms with E-state index in [-0.39, 0.29) is 12.4 Å². The Labute approximate surface area is 182 Å². The highest BCUT2D eigenvalue weighted by molar-refractivity contribution is 5.85. The molecule has 0 amide bonds. The van der Waals surface area contributed by atoms with Crippen molar-refractivity contribution in [2.24, 2.45) is 5.92 Å². The van der Waals surface area contributed by atoms with Gasteiger partial charge in [-0.3, -0.25) is 4.90 Å². The van der Waals surface area contributed by atoms with E-state index in [9.17, 15) is 0 Å². The van der Waals surface area contributed by atoms with Crippen molar-refractivity contribution in [1.29, 1.82) is 0 Å². The van der Waals surface area contributed by atoms with Crippen LogP contribution in [0.15, 0.2) is 24.3 Å². The van der Waals surface area contributed by atoms with Gasteiger partial charge in [0, 0.05) is 44.8 Å². The maximum absolute atomic E-state index is 5.90. The molecule has 5 unspecified atom stereocenters. The van der Waals surface area contributed by atoms with Crippen molar-refractivity contribution in [1.82, 2.24) is 15.5 Å². The van der Waals surface area contributed by atoms with E-state index in [4.69, 9.17) is 9.47 Å². The quantitative estimate of drug-likeness (QED) is 0.736. The summed E-state index contributed by atoms with van der Waals surface area (Å²) in [5.41, 5.74) is 2.89. The lowest BCUT2D eigenvalue weighted by Gasteiger charge is -2.36. The fourth-order valence-electron chi connectivity index (χ4n) is 5.36. The van der Waals surface area contributed by atoms with Crippen LogP contribution in [0.4, 0.5) is 0 Å². The van der Waals surface area contributed by atoms with Crippen LogP contribution in [0, 0.1) is 5.92 Å². The van der Waals surface area contributed by atoms with Gasteiger partial charge >= 0.3 is 0 Å². The molecule has 5 atom stereocenters. The Morgan fingerprint density at radius 2 is 1.86 bits per heavy atom. The third-order valence-corrected chi connectivity index (χ3v) is 6.60. The SMILES string of the molecule is CC1CN(Cc2ccccc2CNC2CCCC2C2COCCN2)CC(C)O1.Cl. The third-order valence-electron chi connectivity index (χ3n) is 6.60. The van der Waals surface area contributed by atoms with Crippen molar-refractivity contribution < 1.29 is 9.47 Å².